The summed E-state index contributed by atoms with van der Waals surface area (Å²) in [5.41, 5.74) is 8.15. The molecule has 0 bridgehead atoms. The number of rotatable bonds is 22. The molecule has 6 aromatic rings. The molecule has 3 aliphatic heterocycles. The second kappa shape index (κ2) is 27.2. The van der Waals surface area contributed by atoms with E-state index in [1.807, 2.05) is 98.8 Å². The summed E-state index contributed by atoms with van der Waals surface area (Å²) in [4.78, 5) is 79.4. The molecule has 0 radical (unpaired) electrons. The number of thiazole rings is 1. The Kier molecular flexibility index (Phi) is 19.7. The molecule has 82 heavy (non-hydrogen) atoms. The van der Waals surface area contributed by atoms with Crippen molar-refractivity contribution in [2.24, 2.45) is 5.41 Å². The molecule has 0 spiro atoms. The molecule has 436 valence electrons. The third-order valence-corrected chi connectivity index (χ3v) is 16.7. The number of aliphatic hydroxyl groups excluding tert-OH is 1. The van der Waals surface area contributed by atoms with Crippen LogP contribution in [0.1, 0.15) is 124 Å². The number of anilines is 3. The number of aryl methyl sites for hydroxylation is 1. The maximum absolute atomic E-state index is 14.1. The Morgan fingerprint density at radius 2 is 1.52 bits per heavy atom. The summed E-state index contributed by atoms with van der Waals surface area (Å²) in [6.07, 6.45) is 6.85. The Labute approximate surface area is 482 Å². The van der Waals surface area contributed by atoms with Gasteiger partial charge in [0.25, 0.3) is 5.91 Å². The van der Waals surface area contributed by atoms with E-state index >= 15 is 0 Å². The van der Waals surface area contributed by atoms with Gasteiger partial charge in [0.15, 0.2) is 5.82 Å². The molecule has 0 aliphatic carbocycles. The van der Waals surface area contributed by atoms with Crippen LogP contribution in [-0.2, 0) is 36.9 Å². The second-order valence-electron chi connectivity index (χ2n) is 23.1. The van der Waals surface area contributed by atoms with E-state index in [9.17, 15) is 37.9 Å². The number of likely N-dealkylation sites (tertiary alicyclic amines) is 1. The fourth-order valence-corrected chi connectivity index (χ4v) is 12.0. The van der Waals surface area contributed by atoms with Crippen LogP contribution >= 0.6 is 11.3 Å². The number of nitrogens with one attached hydrogen (secondary N) is 5. The van der Waals surface area contributed by atoms with Crippen molar-refractivity contribution in [1.29, 1.82) is 0 Å². The zero-order valence-corrected chi connectivity index (χ0v) is 48.1. The average molecular weight is 1140 g/mol. The first-order valence-corrected chi connectivity index (χ1v) is 29.6. The number of nitrogens with zero attached hydrogens (tertiary/aromatic N) is 5. The highest BCUT2D eigenvalue weighted by Crippen LogP contribution is 2.32. The summed E-state index contributed by atoms with van der Waals surface area (Å²) in [5, 5.41) is 31.2. The Hall–Kier alpha value is -7.29. The lowest BCUT2D eigenvalue weighted by Gasteiger charge is -2.36. The molecule has 3 fully saturated rings. The number of halogens is 2. The van der Waals surface area contributed by atoms with Crippen LogP contribution in [0.5, 0.6) is 0 Å². The minimum Gasteiger partial charge on any atom is -0.391 e. The number of benzene rings is 4. The lowest BCUT2D eigenvalue weighted by Crippen LogP contribution is -2.57. The van der Waals surface area contributed by atoms with Crippen LogP contribution < -0.4 is 26.2 Å². The van der Waals surface area contributed by atoms with Crippen molar-refractivity contribution in [1.82, 2.24) is 35.6 Å². The molecule has 2 aromatic heterocycles. The molecule has 17 nitrogen and oxygen atoms in total. The highest BCUT2D eigenvalue weighted by molar-refractivity contribution is 7.13. The summed E-state index contributed by atoms with van der Waals surface area (Å²) in [6.45, 7) is 11.6. The molecular formula is C62H76F2N10O7S. The third kappa shape index (κ3) is 15.4. The fourth-order valence-electron chi connectivity index (χ4n) is 11.2. The van der Waals surface area contributed by atoms with Gasteiger partial charge in [0.05, 0.1) is 33.3 Å². The van der Waals surface area contributed by atoms with Crippen molar-refractivity contribution in [3.63, 3.8) is 0 Å². The first kappa shape index (κ1) is 59.3. The van der Waals surface area contributed by atoms with Gasteiger partial charge in [-0.15, -0.1) is 11.3 Å². The molecular weight excluding hydrogens is 1070 g/mol. The molecule has 20 heteroatoms. The van der Waals surface area contributed by atoms with Crippen molar-refractivity contribution < 1.29 is 42.6 Å². The van der Waals surface area contributed by atoms with Crippen LogP contribution in [0.3, 0.4) is 0 Å². The van der Waals surface area contributed by atoms with Gasteiger partial charge in [-0.05, 0) is 109 Å². The molecule has 3 aliphatic rings. The molecule has 3 atom stereocenters. The minimum absolute atomic E-state index is 0.00758. The number of piperazine rings is 1. The van der Waals surface area contributed by atoms with Gasteiger partial charge >= 0.3 is 0 Å². The average Bonchev–Trinajstić information content (AvgIpc) is 4.25. The van der Waals surface area contributed by atoms with Gasteiger partial charge in [-0.2, -0.15) is 5.10 Å². The van der Waals surface area contributed by atoms with E-state index in [0.717, 1.165) is 84.0 Å². The molecule has 5 amide bonds. The first-order valence-electron chi connectivity index (χ1n) is 28.7. The highest BCUT2D eigenvalue weighted by atomic mass is 32.1. The molecule has 4 aromatic carbocycles. The van der Waals surface area contributed by atoms with E-state index in [4.69, 9.17) is 4.74 Å². The van der Waals surface area contributed by atoms with E-state index in [2.05, 4.69) is 41.3 Å². The summed E-state index contributed by atoms with van der Waals surface area (Å²) in [5.74, 6) is -2.13. The number of aromatic nitrogens is 3. The summed E-state index contributed by atoms with van der Waals surface area (Å²) >= 11 is 1.57. The predicted molar refractivity (Wildman–Crippen MR) is 314 cm³/mol. The lowest BCUT2D eigenvalue weighted by atomic mass is 9.85. The quantitative estimate of drug-likeness (QED) is 0.0353. The number of hydrogen-bond acceptors (Lipinski definition) is 12. The van der Waals surface area contributed by atoms with Gasteiger partial charge in [0, 0.05) is 101 Å². The number of ether oxygens (including phenoxy) is 1. The van der Waals surface area contributed by atoms with Crippen molar-refractivity contribution in [3.05, 3.63) is 124 Å². The van der Waals surface area contributed by atoms with E-state index in [1.165, 1.54) is 17.0 Å². The standard InChI is InChI=1S/C62H76F2N10O7S/c1-39-56(82-38-66-39)43-16-13-40(14-17-43)36-65-60(79)53-35-48(75)37-74(53)61(80)57(62(2,3)4)68-54(76)11-9-7-5-6-8-10-12-55(77)73-25-23-72(24-26-73)47-18-19-49(52(34-47)67-46-21-27-81-28-22-46)59(78)69-58-50-32-41(15-20-51(50)70-71-58)29-42-30-44(63)33-45(64)31-42/h13-20,30-34,38,46,48,53,57,67,75H,5-12,21-29,35-37H2,1-4H3,(H,65,79)(H,68,76)(H2,69,70,71,78)/t48-,53+,57-/m1/s1. The van der Waals surface area contributed by atoms with Gasteiger partial charge in [-0.3, -0.25) is 29.1 Å². The predicted octanol–water partition coefficient (Wildman–Crippen LogP) is 9.29. The fraction of sp³-hybridized carbons (Fsp3) is 0.468. The third-order valence-electron chi connectivity index (χ3n) is 15.8. The Bertz CT molecular complexity index is 3180. The van der Waals surface area contributed by atoms with Crippen molar-refractivity contribution >= 4 is 69.0 Å². The lowest BCUT2D eigenvalue weighted by molar-refractivity contribution is -0.144. The van der Waals surface area contributed by atoms with Crippen molar-refractivity contribution in [2.45, 2.75) is 136 Å². The zero-order valence-electron chi connectivity index (χ0n) is 47.3. The number of carbonyl (C=O) groups excluding carboxylic acids is 5. The molecule has 0 unspecified atom stereocenters. The van der Waals surface area contributed by atoms with Gasteiger partial charge in [0.2, 0.25) is 23.6 Å². The maximum Gasteiger partial charge on any atom is 0.258 e. The number of fused-ring (bicyclic) bond motifs is 1. The Morgan fingerprint density at radius 3 is 2.22 bits per heavy atom. The van der Waals surface area contributed by atoms with Crippen LogP contribution in [0.25, 0.3) is 21.3 Å². The number of aromatic amines is 1. The van der Waals surface area contributed by atoms with E-state index in [1.54, 1.807) is 11.3 Å². The highest BCUT2D eigenvalue weighted by Gasteiger charge is 2.44. The van der Waals surface area contributed by atoms with E-state index in [0.29, 0.717) is 92.2 Å². The SMILES string of the molecule is Cc1ncsc1-c1ccc(CNC(=O)[C@@H]2C[C@@H](O)CN2C(=O)[C@@H](NC(=O)CCCCCCCCC(=O)N2CCN(c3ccc(C(=O)Nc4n[nH]c5ccc(Cc6cc(F)cc(F)c6)cc45)c(NC4CCOCC4)c3)CC2)C(C)(C)C)cc1. The summed E-state index contributed by atoms with van der Waals surface area (Å²) in [7, 11) is 0. The molecule has 0 saturated carbocycles. The van der Waals surface area contributed by atoms with Crippen molar-refractivity contribution in [3.8, 4) is 10.4 Å². The number of H-pyrrole nitrogens is 1. The van der Waals surface area contributed by atoms with E-state index < -0.39 is 35.2 Å². The number of carbonyl (C=O) groups is 5. The van der Waals surface area contributed by atoms with Gasteiger partial charge in [0.1, 0.15) is 23.7 Å². The van der Waals surface area contributed by atoms with Crippen LogP contribution in [0.2, 0.25) is 0 Å². The van der Waals surface area contributed by atoms with Crippen molar-refractivity contribution in [2.75, 3.05) is 61.5 Å². The van der Waals surface area contributed by atoms with Gasteiger partial charge in [-0.1, -0.05) is 76.8 Å². The topological polar surface area (TPSA) is 214 Å². The molecule has 5 heterocycles. The second-order valence-corrected chi connectivity index (χ2v) is 23.9. The summed E-state index contributed by atoms with van der Waals surface area (Å²) in [6, 6.07) is 21.0. The first-order chi connectivity index (χ1) is 39.4. The minimum atomic E-state index is -0.889. The normalized spacial score (nSPS) is 17.2. The Morgan fingerprint density at radius 1 is 0.829 bits per heavy atom. The van der Waals surface area contributed by atoms with Crippen LogP contribution in [0, 0.1) is 24.0 Å². The number of hydrogen-bond donors (Lipinski definition) is 6. The number of aliphatic hydroxyl groups is 1. The van der Waals surface area contributed by atoms with Crippen LogP contribution in [0.4, 0.5) is 26.0 Å². The number of amides is 5. The monoisotopic (exact) mass is 1140 g/mol. The largest absolute Gasteiger partial charge is 0.391 e. The van der Waals surface area contributed by atoms with Gasteiger partial charge < -0.3 is 45.8 Å². The number of unbranched alkanes of at least 4 members (excludes halogenated alkanes) is 5. The zero-order chi connectivity index (χ0) is 57.9. The Balaban J connectivity index is 0.690. The van der Waals surface area contributed by atoms with Crippen LogP contribution in [-0.4, -0.2) is 130 Å². The molecule has 3 saturated heterocycles. The van der Waals surface area contributed by atoms with Crippen LogP contribution in [0.15, 0.2) is 84.4 Å². The molecule has 9 rings (SSSR count). The smallest absolute Gasteiger partial charge is 0.258 e. The summed E-state index contributed by atoms with van der Waals surface area (Å²) < 4.78 is 33.5. The van der Waals surface area contributed by atoms with E-state index in [-0.39, 0.29) is 61.5 Å². The van der Waals surface area contributed by atoms with Gasteiger partial charge in [-0.25, -0.2) is 13.8 Å². The molecule has 6 N–H and O–H groups in total. The number of β-amino-alcohol motifs (C(OH)–C–C–N with tert-alkyl or cyclic N) is 1. The maximum atomic E-state index is 14.1.